The Morgan fingerprint density at radius 1 is 1.00 bits per heavy atom. The number of nitrogens with zero attached hydrogens (tertiary/aromatic N) is 2. The molecule has 0 saturated carbocycles. The van der Waals surface area contributed by atoms with Crippen LogP contribution in [0.1, 0.15) is 5.56 Å². The molecule has 34 heavy (non-hydrogen) atoms. The first kappa shape index (κ1) is 26.4. The maximum Gasteiger partial charge on any atom is 0.234 e. The fourth-order valence-electron chi connectivity index (χ4n) is 3.67. The molecule has 0 aliphatic carbocycles. The van der Waals surface area contributed by atoms with Crippen molar-refractivity contribution in [2.45, 2.75) is 12.6 Å². The van der Waals surface area contributed by atoms with Crippen LogP contribution in [0.5, 0.6) is 17.2 Å². The van der Waals surface area contributed by atoms with Gasteiger partial charge in [-0.2, -0.15) is 0 Å². The minimum Gasteiger partial charge on any atom is -0.497 e. The van der Waals surface area contributed by atoms with Gasteiger partial charge < -0.3 is 24.6 Å². The molecule has 1 heterocycles. The van der Waals surface area contributed by atoms with E-state index in [9.17, 15) is 9.90 Å². The Balaban J connectivity index is 1.36. The Hall–Kier alpha value is -2.23. The molecule has 10 heteroatoms. The van der Waals surface area contributed by atoms with Crippen LogP contribution in [-0.4, -0.2) is 87.0 Å². The Morgan fingerprint density at radius 2 is 1.74 bits per heavy atom. The zero-order chi connectivity index (χ0) is 24.5. The molecule has 2 aromatic rings. The third-order valence-electron chi connectivity index (χ3n) is 5.58. The largest absolute Gasteiger partial charge is 0.497 e. The van der Waals surface area contributed by atoms with Gasteiger partial charge >= 0.3 is 0 Å². The molecule has 1 amide bonds. The van der Waals surface area contributed by atoms with Crippen LogP contribution in [-0.2, 0) is 11.3 Å². The van der Waals surface area contributed by atoms with Crippen molar-refractivity contribution in [3.05, 3.63) is 52.0 Å². The molecule has 3 rings (SSSR count). The van der Waals surface area contributed by atoms with Gasteiger partial charge in [-0.1, -0.05) is 29.3 Å². The van der Waals surface area contributed by atoms with Crippen LogP contribution in [0.4, 0.5) is 0 Å². The Morgan fingerprint density at radius 3 is 2.41 bits per heavy atom. The maximum atomic E-state index is 12.3. The lowest BCUT2D eigenvalue weighted by Gasteiger charge is -2.35. The second-order valence-corrected chi connectivity index (χ2v) is 8.90. The molecule has 2 N–H and O–H groups in total. The number of piperazine rings is 1. The average molecular weight is 512 g/mol. The Bertz CT molecular complexity index is 954. The van der Waals surface area contributed by atoms with Crippen LogP contribution in [0.2, 0.25) is 10.0 Å². The number of hydrogen-bond acceptors (Lipinski definition) is 7. The standard InChI is InChI=1S/C24H31Cl2N3O5/c1-32-19-4-6-22(33-2)23(12-19)34-16-18(30)14-28-7-9-29(10-8-28)15-24(31)27-13-17-3-5-20(25)21(26)11-17/h3-6,11-12,18,30H,7-10,13-16H2,1-2H3,(H,27,31). The van der Waals surface area contributed by atoms with Gasteiger partial charge in [0.2, 0.25) is 5.91 Å². The van der Waals surface area contributed by atoms with Gasteiger partial charge in [0.15, 0.2) is 11.5 Å². The van der Waals surface area contributed by atoms with Crippen molar-refractivity contribution in [3.63, 3.8) is 0 Å². The monoisotopic (exact) mass is 511 g/mol. The number of methoxy groups -OCH3 is 2. The fourth-order valence-corrected chi connectivity index (χ4v) is 3.99. The molecule has 1 unspecified atom stereocenters. The summed E-state index contributed by atoms with van der Waals surface area (Å²) >= 11 is 11.9. The van der Waals surface area contributed by atoms with Crippen LogP contribution in [0.3, 0.4) is 0 Å². The summed E-state index contributed by atoms with van der Waals surface area (Å²) in [6.45, 7) is 4.38. The second kappa shape index (κ2) is 13.0. The fraction of sp³-hybridized carbons (Fsp3) is 0.458. The summed E-state index contributed by atoms with van der Waals surface area (Å²) in [6.07, 6.45) is -0.656. The van der Waals surface area contributed by atoms with Gasteiger partial charge in [0.1, 0.15) is 18.5 Å². The predicted molar refractivity (Wildman–Crippen MR) is 132 cm³/mol. The lowest BCUT2D eigenvalue weighted by Crippen LogP contribution is -2.51. The third kappa shape index (κ3) is 7.92. The van der Waals surface area contributed by atoms with Crippen molar-refractivity contribution in [2.75, 3.05) is 60.1 Å². The molecule has 0 spiro atoms. The zero-order valence-corrected chi connectivity index (χ0v) is 20.9. The Kier molecular flexibility index (Phi) is 10.1. The van der Waals surface area contributed by atoms with E-state index in [2.05, 4.69) is 15.1 Å². The van der Waals surface area contributed by atoms with E-state index in [1.165, 1.54) is 0 Å². The molecule has 1 aliphatic heterocycles. The highest BCUT2D eigenvalue weighted by molar-refractivity contribution is 6.42. The van der Waals surface area contributed by atoms with Gasteiger partial charge in [-0.3, -0.25) is 14.6 Å². The van der Waals surface area contributed by atoms with E-state index in [4.69, 9.17) is 37.4 Å². The number of nitrogens with one attached hydrogen (secondary N) is 1. The van der Waals surface area contributed by atoms with Crippen LogP contribution < -0.4 is 19.5 Å². The number of rotatable bonds is 11. The van der Waals surface area contributed by atoms with Crippen LogP contribution in [0, 0.1) is 0 Å². The van der Waals surface area contributed by atoms with Gasteiger partial charge in [-0.05, 0) is 29.8 Å². The second-order valence-electron chi connectivity index (χ2n) is 8.08. The van der Waals surface area contributed by atoms with E-state index in [1.807, 2.05) is 6.07 Å². The van der Waals surface area contributed by atoms with Crippen molar-refractivity contribution in [1.82, 2.24) is 15.1 Å². The molecule has 1 fully saturated rings. The SMILES string of the molecule is COc1ccc(OC)c(OCC(O)CN2CCN(CC(=O)NCc3ccc(Cl)c(Cl)c3)CC2)c1. The molecular formula is C24H31Cl2N3O5. The zero-order valence-electron chi connectivity index (χ0n) is 19.4. The summed E-state index contributed by atoms with van der Waals surface area (Å²) in [4.78, 5) is 16.6. The number of benzene rings is 2. The number of β-amino-alcohol motifs (C(OH)–C–C–N with tert-alkyl or cyclic N) is 1. The minimum absolute atomic E-state index is 0.0415. The molecule has 1 atom stereocenters. The van der Waals surface area contributed by atoms with Crippen LogP contribution in [0.15, 0.2) is 36.4 Å². The summed E-state index contributed by atoms with van der Waals surface area (Å²) < 4.78 is 16.3. The van der Waals surface area contributed by atoms with E-state index in [1.54, 1.807) is 44.6 Å². The molecule has 2 aromatic carbocycles. The lowest BCUT2D eigenvalue weighted by atomic mass is 10.2. The van der Waals surface area contributed by atoms with Gasteiger partial charge in [0, 0.05) is 45.3 Å². The molecule has 0 radical (unpaired) electrons. The molecule has 8 nitrogen and oxygen atoms in total. The van der Waals surface area contributed by atoms with Gasteiger partial charge in [-0.25, -0.2) is 0 Å². The van der Waals surface area contributed by atoms with Crippen molar-refractivity contribution in [1.29, 1.82) is 0 Å². The molecule has 0 aromatic heterocycles. The van der Waals surface area contributed by atoms with Crippen LogP contribution >= 0.6 is 23.2 Å². The van der Waals surface area contributed by atoms with E-state index in [-0.39, 0.29) is 12.5 Å². The molecule has 0 bridgehead atoms. The number of hydrogen-bond donors (Lipinski definition) is 2. The van der Waals surface area contributed by atoms with Crippen molar-refractivity contribution in [2.24, 2.45) is 0 Å². The molecular weight excluding hydrogens is 481 g/mol. The van der Waals surface area contributed by atoms with Gasteiger partial charge in [0.25, 0.3) is 0 Å². The first-order chi connectivity index (χ1) is 16.4. The van der Waals surface area contributed by atoms with Gasteiger partial charge in [-0.15, -0.1) is 0 Å². The number of carbonyl (C=O) groups excluding carboxylic acids is 1. The van der Waals surface area contributed by atoms with E-state index >= 15 is 0 Å². The molecule has 1 aliphatic rings. The first-order valence-electron chi connectivity index (χ1n) is 11.1. The molecule has 1 saturated heterocycles. The number of halogens is 2. The highest BCUT2D eigenvalue weighted by Crippen LogP contribution is 2.31. The topological polar surface area (TPSA) is 83.5 Å². The number of aliphatic hydroxyl groups is 1. The minimum atomic E-state index is -0.656. The normalized spacial score (nSPS) is 15.6. The van der Waals surface area contributed by atoms with Gasteiger partial charge in [0.05, 0.1) is 30.8 Å². The van der Waals surface area contributed by atoms with E-state index in [0.29, 0.717) is 46.9 Å². The summed E-state index contributed by atoms with van der Waals surface area (Å²) in [6, 6.07) is 10.6. The smallest absolute Gasteiger partial charge is 0.234 e. The predicted octanol–water partition coefficient (Wildman–Crippen LogP) is 2.68. The number of carbonyl (C=O) groups is 1. The summed E-state index contributed by atoms with van der Waals surface area (Å²) in [5, 5.41) is 14.3. The summed E-state index contributed by atoms with van der Waals surface area (Å²) in [7, 11) is 3.15. The maximum absolute atomic E-state index is 12.3. The van der Waals surface area contributed by atoms with E-state index in [0.717, 1.165) is 31.7 Å². The lowest BCUT2D eigenvalue weighted by molar-refractivity contribution is -0.122. The van der Waals surface area contributed by atoms with E-state index < -0.39 is 6.10 Å². The van der Waals surface area contributed by atoms with Crippen molar-refractivity contribution in [3.8, 4) is 17.2 Å². The van der Waals surface area contributed by atoms with Crippen molar-refractivity contribution >= 4 is 29.1 Å². The summed E-state index contributed by atoms with van der Waals surface area (Å²) in [5.41, 5.74) is 0.898. The van der Waals surface area contributed by atoms with Crippen LogP contribution in [0.25, 0.3) is 0 Å². The Labute approximate surface area is 210 Å². The highest BCUT2D eigenvalue weighted by atomic mass is 35.5. The highest BCUT2D eigenvalue weighted by Gasteiger charge is 2.21. The summed E-state index contributed by atoms with van der Waals surface area (Å²) in [5.74, 6) is 1.72. The molecule has 186 valence electrons. The number of ether oxygens (including phenoxy) is 3. The van der Waals surface area contributed by atoms with Crippen molar-refractivity contribution < 1.29 is 24.1 Å². The quantitative estimate of drug-likeness (QED) is 0.479. The third-order valence-corrected chi connectivity index (χ3v) is 6.32. The number of aliphatic hydroxyl groups excluding tert-OH is 1. The average Bonchev–Trinajstić information content (AvgIpc) is 2.84. The number of amides is 1. The first-order valence-corrected chi connectivity index (χ1v) is 11.8.